The van der Waals surface area contributed by atoms with Crippen LogP contribution in [0.2, 0.25) is 0 Å². The van der Waals surface area contributed by atoms with Gasteiger partial charge in [0.15, 0.2) is 0 Å². The smallest absolute Gasteiger partial charge is 0.133 e. The number of carbonyl (C=O) groups is 4. The summed E-state index contributed by atoms with van der Waals surface area (Å²) < 4.78 is 0. The van der Waals surface area contributed by atoms with Gasteiger partial charge in [0.2, 0.25) is 0 Å². The summed E-state index contributed by atoms with van der Waals surface area (Å²) in [7, 11) is 1.92. The molecule has 0 bridgehead atoms. The van der Waals surface area contributed by atoms with Crippen molar-refractivity contribution < 1.29 is 19.2 Å². The number of likely N-dealkylation sites (N-methyl/N-ethyl adjacent to an activating group) is 1. The fourth-order valence-electron chi connectivity index (χ4n) is 1.67. The molecule has 7 heteroatoms. The van der Waals surface area contributed by atoms with Gasteiger partial charge in [0.25, 0.3) is 0 Å². The molecule has 0 aliphatic carbocycles. The second kappa shape index (κ2) is 12.6. The van der Waals surface area contributed by atoms with Crippen LogP contribution in [0.25, 0.3) is 0 Å². The normalized spacial score (nSPS) is 11.0. The second-order valence-electron chi connectivity index (χ2n) is 4.49. The number of hydrogen-bond acceptors (Lipinski definition) is 7. The molecule has 20 heavy (non-hydrogen) atoms. The van der Waals surface area contributed by atoms with Crippen molar-refractivity contribution in [3.63, 3.8) is 0 Å². The summed E-state index contributed by atoms with van der Waals surface area (Å²) in [6.45, 7) is 3.63. The second-order valence-corrected chi connectivity index (χ2v) is 4.49. The average molecular weight is 285 g/mol. The van der Waals surface area contributed by atoms with Crippen molar-refractivity contribution in [2.24, 2.45) is 0 Å². The SMILES string of the molecule is CN(CCN(CC=O)CC=O)CCN(CC=O)CC=O. The molecule has 0 saturated heterocycles. The molecule has 0 aromatic carbocycles. The Morgan fingerprint density at radius 1 is 0.600 bits per heavy atom. The molecule has 0 radical (unpaired) electrons. The number of aldehydes is 4. The van der Waals surface area contributed by atoms with E-state index in [1.54, 1.807) is 9.80 Å². The number of hydrogen-bond donors (Lipinski definition) is 0. The van der Waals surface area contributed by atoms with Gasteiger partial charge in [-0.2, -0.15) is 0 Å². The largest absolute Gasteiger partial charge is 0.304 e. The molecular weight excluding hydrogens is 262 g/mol. The minimum absolute atomic E-state index is 0.245. The van der Waals surface area contributed by atoms with Gasteiger partial charge in [0.1, 0.15) is 25.1 Å². The maximum atomic E-state index is 10.4. The van der Waals surface area contributed by atoms with Crippen LogP contribution in [-0.4, -0.2) is 99.3 Å². The Kier molecular flexibility index (Phi) is 11.7. The van der Waals surface area contributed by atoms with Crippen LogP contribution in [0.3, 0.4) is 0 Å². The Hall–Kier alpha value is -1.44. The molecule has 7 nitrogen and oxygen atoms in total. The highest BCUT2D eigenvalue weighted by Gasteiger charge is 2.08. The van der Waals surface area contributed by atoms with E-state index >= 15 is 0 Å². The summed E-state index contributed by atoms with van der Waals surface area (Å²) in [5, 5.41) is 0. The fourth-order valence-corrected chi connectivity index (χ4v) is 1.67. The first kappa shape index (κ1) is 18.6. The van der Waals surface area contributed by atoms with Crippen molar-refractivity contribution in [1.82, 2.24) is 14.7 Å². The van der Waals surface area contributed by atoms with Gasteiger partial charge in [-0.25, -0.2) is 0 Å². The highest BCUT2D eigenvalue weighted by Crippen LogP contribution is 1.91. The van der Waals surface area contributed by atoms with Crippen LogP contribution in [0.4, 0.5) is 0 Å². The minimum atomic E-state index is 0.245. The Morgan fingerprint density at radius 2 is 0.900 bits per heavy atom. The third kappa shape index (κ3) is 9.48. The standard InChI is InChI=1S/C13H23N3O4/c1-14(2-4-15(6-10-17)7-11-18)3-5-16(8-12-19)9-13-20/h10-13H,2-9H2,1H3. The van der Waals surface area contributed by atoms with Gasteiger partial charge in [0.05, 0.1) is 26.2 Å². The molecule has 0 N–H and O–H groups in total. The van der Waals surface area contributed by atoms with Crippen LogP contribution < -0.4 is 0 Å². The number of rotatable bonds is 14. The van der Waals surface area contributed by atoms with Crippen LogP contribution in [-0.2, 0) is 19.2 Å². The van der Waals surface area contributed by atoms with E-state index in [-0.39, 0.29) is 26.2 Å². The lowest BCUT2D eigenvalue weighted by Gasteiger charge is -2.24. The highest BCUT2D eigenvalue weighted by atomic mass is 16.1. The van der Waals surface area contributed by atoms with E-state index in [0.29, 0.717) is 26.2 Å². The quantitative estimate of drug-likeness (QED) is 0.353. The molecule has 0 fully saturated rings. The molecule has 0 rings (SSSR count). The molecule has 0 atom stereocenters. The van der Waals surface area contributed by atoms with Gasteiger partial charge in [0, 0.05) is 26.2 Å². The summed E-state index contributed by atoms with van der Waals surface area (Å²) in [5.41, 5.74) is 0. The topological polar surface area (TPSA) is 78.0 Å². The predicted octanol–water partition coefficient (Wildman–Crippen LogP) is -1.68. The van der Waals surface area contributed by atoms with Gasteiger partial charge in [-0.15, -0.1) is 0 Å². The molecule has 0 aliphatic rings. The Morgan fingerprint density at radius 3 is 1.15 bits per heavy atom. The van der Waals surface area contributed by atoms with Crippen LogP contribution in [0.5, 0.6) is 0 Å². The van der Waals surface area contributed by atoms with Crippen LogP contribution in [0.15, 0.2) is 0 Å². The summed E-state index contributed by atoms with van der Waals surface area (Å²) in [6, 6.07) is 0. The van der Waals surface area contributed by atoms with Gasteiger partial charge in [-0.1, -0.05) is 0 Å². The van der Waals surface area contributed by atoms with Gasteiger partial charge >= 0.3 is 0 Å². The van der Waals surface area contributed by atoms with E-state index in [1.165, 1.54) is 0 Å². The first-order chi connectivity index (χ1) is 9.67. The molecular formula is C13H23N3O4. The Bertz CT molecular complexity index is 251. The zero-order valence-corrected chi connectivity index (χ0v) is 11.9. The Balaban J connectivity index is 3.97. The maximum Gasteiger partial charge on any atom is 0.133 e. The van der Waals surface area contributed by atoms with Crippen molar-refractivity contribution in [1.29, 1.82) is 0 Å². The molecule has 0 unspecified atom stereocenters. The van der Waals surface area contributed by atoms with Crippen LogP contribution >= 0.6 is 0 Å². The maximum absolute atomic E-state index is 10.4. The number of carbonyl (C=O) groups excluding carboxylic acids is 4. The van der Waals surface area contributed by atoms with Crippen molar-refractivity contribution >= 4 is 25.1 Å². The summed E-state index contributed by atoms with van der Waals surface area (Å²) in [6.07, 6.45) is 3.11. The molecule has 114 valence electrons. The summed E-state index contributed by atoms with van der Waals surface area (Å²) >= 11 is 0. The summed E-state index contributed by atoms with van der Waals surface area (Å²) in [5.74, 6) is 0. The van der Waals surface area contributed by atoms with E-state index in [2.05, 4.69) is 0 Å². The average Bonchev–Trinajstić information content (AvgIpc) is 2.43. The van der Waals surface area contributed by atoms with Gasteiger partial charge in [-0.3, -0.25) is 9.80 Å². The molecule has 0 saturated carbocycles. The lowest BCUT2D eigenvalue weighted by atomic mass is 10.4. The lowest BCUT2D eigenvalue weighted by Crippen LogP contribution is -2.39. The molecule has 0 spiro atoms. The monoisotopic (exact) mass is 285 g/mol. The highest BCUT2D eigenvalue weighted by molar-refractivity contribution is 5.56. The first-order valence-corrected chi connectivity index (χ1v) is 6.55. The van der Waals surface area contributed by atoms with Crippen LogP contribution in [0, 0.1) is 0 Å². The lowest BCUT2D eigenvalue weighted by molar-refractivity contribution is -0.112. The first-order valence-electron chi connectivity index (χ1n) is 6.55. The van der Waals surface area contributed by atoms with E-state index in [9.17, 15) is 19.2 Å². The van der Waals surface area contributed by atoms with E-state index in [4.69, 9.17) is 0 Å². The van der Waals surface area contributed by atoms with Crippen molar-refractivity contribution in [2.75, 3.05) is 59.4 Å². The van der Waals surface area contributed by atoms with Crippen molar-refractivity contribution in [3.8, 4) is 0 Å². The van der Waals surface area contributed by atoms with Gasteiger partial charge < -0.3 is 24.1 Å². The molecule has 0 aliphatic heterocycles. The molecule has 0 heterocycles. The molecule has 0 aromatic heterocycles. The third-order valence-corrected chi connectivity index (χ3v) is 2.93. The van der Waals surface area contributed by atoms with E-state index < -0.39 is 0 Å². The zero-order valence-electron chi connectivity index (χ0n) is 11.9. The Labute approximate surface area is 119 Å². The van der Waals surface area contributed by atoms with Crippen LogP contribution in [0.1, 0.15) is 0 Å². The van der Waals surface area contributed by atoms with E-state index in [0.717, 1.165) is 25.1 Å². The van der Waals surface area contributed by atoms with Crippen molar-refractivity contribution in [3.05, 3.63) is 0 Å². The van der Waals surface area contributed by atoms with E-state index in [1.807, 2.05) is 11.9 Å². The predicted molar refractivity (Wildman–Crippen MR) is 74.6 cm³/mol. The zero-order chi connectivity index (χ0) is 15.2. The summed E-state index contributed by atoms with van der Waals surface area (Å²) in [4.78, 5) is 47.3. The van der Waals surface area contributed by atoms with Gasteiger partial charge in [-0.05, 0) is 7.05 Å². The fraction of sp³-hybridized carbons (Fsp3) is 0.692. The van der Waals surface area contributed by atoms with Crippen molar-refractivity contribution in [2.45, 2.75) is 0 Å². The third-order valence-electron chi connectivity index (χ3n) is 2.93. The molecule has 0 aromatic rings. The molecule has 0 amide bonds. The number of nitrogens with zero attached hydrogens (tertiary/aromatic N) is 3. The minimum Gasteiger partial charge on any atom is -0.304 e.